The second-order valence-electron chi connectivity index (χ2n) is 8.06. The molecule has 32 heavy (non-hydrogen) atoms. The predicted molar refractivity (Wildman–Crippen MR) is 118 cm³/mol. The molecule has 8 heteroatoms. The molecule has 0 unspecified atom stereocenters. The quantitative estimate of drug-likeness (QED) is 0.502. The van der Waals surface area contributed by atoms with Crippen LogP contribution in [0, 0.1) is 0 Å². The Bertz CT molecular complexity index is 1290. The van der Waals surface area contributed by atoms with Crippen LogP contribution in [0.2, 0.25) is 0 Å². The standard InChI is InChI=1S/C24H20N6O2/c31-23-17-6-10-25-15-18(17)24(32-23)8-12-30(13-9-24)21-14-20(28-29-21)19-7-11-26-22(27-19)16-4-2-1-3-5-16/h1-7,10-11,14-15H,8-9,12-13H2,(H,28,29). The van der Waals surface area contributed by atoms with Crippen LogP contribution in [0.5, 0.6) is 0 Å². The first-order valence-electron chi connectivity index (χ1n) is 10.6. The highest BCUT2D eigenvalue weighted by atomic mass is 16.6. The van der Waals surface area contributed by atoms with Crippen LogP contribution < -0.4 is 4.90 Å². The molecule has 1 spiro atoms. The van der Waals surface area contributed by atoms with Crippen LogP contribution in [-0.4, -0.2) is 44.2 Å². The molecular formula is C24H20N6O2. The largest absolute Gasteiger partial charge is 0.450 e. The third-order valence-electron chi connectivity index (χ3n) is 6.24. The Morgan fingerprint density at radius 3 is 2.72 bits per heavy atom. The van der Waals surface area contributed by atoms with E-state index in [9.17, 15) is 4.79 Å². The van der Waals surface area contributed by atoms with Gasteiger partial charge in [0.05, 0.1) is 17.0 Å². The second-order valence-corrected chi connectivity index (χ2v) is 8.06. The average molecular weight is 424 g/mol. The molecule has 5 heterocycles. The topological polar surface area (TPSA) is 96.9 Å². The third-order valence-corrected chi connectivity index (χ3v) is 6.24. The van der Waals surface area contributed by atoms with Crippen molar-refractivity contribution in [1.82, 2.24) is 25.1 Å². The SMILES string of the molecule is O=C1OC2(CCN(c3cc(-c4ccnc(-c5ccccc5)n4)[nH]n3)CC2)c2cnccc21. The van der Waals surface area contributed by atoms with Gasteiger partial charge in [0.15, 0.2) is 11.6 Å². The number of hydrogen-bond acceptors (Lipinski definition) is 7. The maximum absolute atomic E-state index is 12.3. The van der Waals surface area contributed by atoms with Crippen molar-refractivity contribution in [3.05, 3.63) is 78.2 Å². The van der Waals surface area contributed by atoms with E-state index in [-0.39, 0.29) is 5.97 Å². The number of aromatic nitrogens is 5. The molecular weight excluding hydrogens is 404 g/mol. The maximum Gasteiger partial charge on any atom is 0.339 e. The van der Waals surface area contributed by atoms with E-state index in [0.717, 1.165) is 41.4 Å². The number of benzene rings is 1. The Hall–Kier alpha value is -4.07. The maximum atomic E-state index is 12.3. The van der Waals surface area contributed by atoms with Crippen molar-refractivity contribution in [3.63, 3.8) is 0 Å². The lowest BCUT2D eigenvalue weighted by Crippen LogP contribution is -2.43. The van der Waals surface area contributed by atoms with Gasteiger partial charge in [-0.2, -0.15) is 5.10 Å². The van der Waals surface area contributed by atoms with Gasteiger partial charge in [-0.1, -0.05) is 30.3 Å². The van der Waals surface area contributed by atoms with Crippen molar-refractivity contribution >= 4 is 11.8 Å². The Morgan fingerprint density at radius 2 is 1.88 bits per heavy atom. The summed E-state index contributed by atoms with van der Waals surface area (Å²) < 4.78 is 5.82. The van der Waals surface area contributed by atoms with Crippen molar-refractivity contribution in [2.45, 2.75) is 18.4 Å². The highest BCUT2D eigenvalue weighted by Crippen LogP contribution is 2.44. The summed E-state index contributed by atoms with van der Waals surface area (Å²) in [7, 11) is 0. The van der Waals surface area contributed by atoms with Gasteiger partial charge < -0.3 is 9.64 Å². The van der Waals surface area contributed by atoms with E-state index in [4.69, 9.17) is 9.72 Å². The molecule has 0 atom stereocenters. The lowest BCUT2D eigenvalue weighted by Gasteiger charge is -2.38. The minimum Gasteiger partial charge on any atom is -0.450 e. The van der Waals surface area contributed by atoms with Crippen molar-refractivity contribution in [1.29, 1.82) is 0 Å². The molecule has 0 aliphatic carbocycles. The normalized spacial score (nSPS) is 16.8. The smallest absolute Gasteiger partial charge is 0.339 e. The van der Waals surface area contributed by atoms with E-state index in [1.165, 1.54) is 0 Å². The van der Waals surface area contributed by atoms with Crippen LogP contribution in [0.3, 0.4) is 0 Å². The van der Waals surface area contributed by atoms with Gasteiger partial charge in [-0.05, 0) is 12.1 Å². The van der Waals surface area contributed by atoms with E-state index in [1.54, 1.807) is 24.7 Å². The average Bonchev–Trinajstić information content (AvgIpc) is 3.45. The van der Waals surface area contributed by atoms with Gasteiger partial charge in [-0.3, -0.25) is 10.1 Å². The summed E-state index contributed by atoms with van der Waals surface area (Å²) in [6, 6.07) is 15.5. The highest BCUT2D eigenvalue weighted by Gasteiger charge is 2.47. The fraction of sp³-hybridized carbons (Fsp3) is 0.208. The number of aromatic amines is 1. The van der Waals surface area contributed by atoms with E-state index in [0.29, 0.717) is 24.2 Å². The molecule has 2 aliphatic heterocycles. The number of piperidine rings is 1. The minimum absolute atomic E-state index is 0.254. The first-order chi connectivity index (χ1) is 15.7. The van der Waals surface area contributed by atoms with Crippen molar-refractivity contribution < 1.29 is 9.53 Å². The van der Waals surface area contributed by atoms with Crippen LogP contribution in [-0.2, 0) is 10.3 Å². The zero-order chi connectivity index (χ0) is 21.5. The van der Waals surface area contributed by atoms with E-state index in [1.807, 2.05) is 42.5 Å². The van der Waals surface area contributed by atoms with Crippen LogP contribution >= 0.6 is 0 Å². The number of H-pyrrole nitrogens is 1. The van der Waals surface area contributed by atoms with Gasteiger partial charge in [0, 0.05) is 61.7 Å². The number of hydrogen-bond donors (Lipinski definition) is 1. The van der Waals surface area contributed by atoms with Gasteiger partial charge in [-0.15, -0.1) is 0 Å². The molecule has 0 bridgehead atoms. The van der Waals surface area contributed by atoms with E-state index in [2.05, 4.69) is 25.1 Å². The van der Waals surface area contributed by atoms with Gasteiger partial charge >= 0.3 is 5.97 Å². The minimum atomic E-state index is -0.576. The molecule has 6 rings (SSSR count). The first-order valence-corrected chi connectivity index (χ1v) is 10.6. The summed E-state index contributed by atoms with van der Waals surface area (Å²) >= 11 is 0. The molecule has 0 radical (unpaired) electrons. The lowest BCUT2D eigenvalue weighted by molar-refractivity contribution is -0.0212. The molecule has 1 N–H and O–H groups in total. The van der Waals surface area contributed by atoms with Gasteiger partial charge in [-0.25, -0.2) is 14.8 Å². The number of nitrogens with zero attached hydrogens (tertiary/aromatic N) is 5. The Labute approximate surface area is 184 Å². The summed E-state index contributed by atoms with van der Waals surface area (Å²) in [5.41, 5.74) is 3.55. The lowest BCUT2D eigenvalue weighted by atomic mass is 9.85. The number of esters is 1. The van der Waals surface area contributed by atoms with Crippen LogP contribution in [0.4, 0.5) is 5.82 Å². The molecule has 3 aromatic heterocycles. The molecule has 158 valence electrons. The molecule has 2 aliphatic rings. The van der Waals surface area contributed by atoms with Crippen molar-refractivity contribution in [2.75, 3.05) is 18.0 Å². The van der Waals surface area contributed by atoms with Gasteiger partial charge in [0.1, 0.15) is 5.60 Å². The summed E-state index contributed by atoms with van der Waals surface area (Å²) in [6.45, 7) is 1.45. The number of anilines is 1. The zero-order valence-corrected chi connectivity index (χ0v) is 17.2. The number of nitrogens with one attached hydrogen (secondary N) is 1. The number of carbonyl (C=O) groups is 1. The summed E-state index contributed by atoms with van der Waals surface area (Å²) in [6.07, 6.45) is 6.56. The molecule has 0 saturated carbocycles. The van der Waals surface area contributed by atoms with Crippen LogP contribution in [0.1, 0.15) is 28.8 Å². The molecule has 1 aromatic carbocycles. The molecule has 1 saturated heterocycles. The van der Waals surface area contributed by atoms with E-state index < -0.39 is 5.60 Å². The highest BCUT2D eigenvalue weighted by molar-refractivity contribution is 5.94. The molecule has 1 fully saturated rings. The monoisotopic (exact) mass is 424 g/mol. The Balaban J connectivity index is 1.21. The Morgan fingerprint density at radius 1 is 1.03 bits per heavy atom. The zero-order valence-electron chi connectivity index (χ0n) is 17.2. The third kappa shape index (κ3) is 3.03. The molecule has 8 nitrogen and oxygen atoms in total. The van der Waals surface area contributed by atoms with E-state index >= 15 is 0 Å². The number of pyridine rings is 1. The fourth-order valence-electron chi connectivity index (χ4n) is 4.53. The molecule has 0 amide bonds. The van der Waals surface area contributed by atoms with Crippen LogP contribution in [0.25, 0.3) is 22.8 Å². The number of fused-ring (bicyclic) bond motifs is 2. The van der Waals surface area contributed by atoms with Gasteiger partial charge in [0.2, 0.25) is 0 Å². The summed E-state index contributed by atoms with van der Waals surface area (Å²) in [4.78, 5) is 27.8. The fourth-order valence-corrected chi connectivity index (χ4v) is 4.53. The van der Waals surface area contributed by atoms with Crippen LogP contribution in [0.15, 0.2) is 67.1 Å². The van der Waals surface area contributed by atoms with Crippen molar-refractivity contribution in [3.8, 4) is 22.8 Å². The summed E-state index contributed by atoms with van der Waals surface area (Å²) in [5, 5.41) is 7.62. The number of rotatable bonds is 3. The predicted octanol–water partition coefficient (Wildman–Crippen LogP) is 3.59. The summed E-state index contributed by atoms with van der Waals surface area (Å²) in [5.74, 6) is 1.27. The number of carbonyl (C=O) groups excluding carboxylic acids is 1. The molecule has 4 aromatic rings. The second kappa shape index (κ2) is 7.26. The van der Waals surface area contributed by atoms with Gasteiger partial charge in [0.25, 0.3) is 0 Å². The number of ether oxygens (including phenoxy) is 1. The van der Waals surface area contributed by atoms with Crippen molar-refractivity contribution in [2.24, 2.45) is 0 Å². The first kappa shape index (κ1) is 18.7. The Kier molecular flexibility index (Phi) is 4.24.